The van der Waals surface area contributed by atoms with Crippen LogP contribution in [-0.4, -0.2) is 33.0 Å². The van der Waals surface area contributed by atoms with Gasteiger partial charge in [0.25, 0.3) is 0 Å². The van der Waals surface area contributed by atoms with Crippen LogP contribution in [0.3, 0.4) is 0 Å². The minimum atomic E-state index is -1.36. The van der Waals surface area contributed by atoms with E-state index in [0.29, 0.717) is 0 Å². The number of aliphatic hydroxyl groups excluding tert-OH is 2. The van der Waals surface area contributed by atoms with E-state index in [1.54, 1.807) is 24.3 Å². The van der Waals surface area contributed by atoms with Gasteiger partial charge in [-0.15, -0.1) is 0 Å². The maximum Gasteiger partial charge on any atom is 1.00 e. The molecule has 0 bridgehead atoms. The van der Waals surface area contributed by atoms with E-state index in [0.717, 1.165) is 27.7 Å². The minimum Gasteiger partial charge on any atom is -0.550 e. The van der Waals surface area contributed by atoms with Crippen molar-refractivity contribution in [3.63, 3.8) is 0 Å². The Hall–Kier alpha value is -1.32. The standard InChI is InChI=1S/C24H26FNO4.K/c1-15(2)26-21-6-4-3-5-20(21)24(16-7-9-17(25)10-8-16)22(26)12-11-18(27)13-19(28)14-23(29)30;/h3-12,15,18-19,27-28H,13-14H2,1-2H3,(H,29,30);/q;+1/p-1/b12-11+;/t18-,19-;/m0./s1. The Bertz CT molecular complexity index is 1060. The maximum atomic E-state index is 13.5. The molecule has 0 fully saturated rings. The quantitative estimate of drug-likeness (QED) is 0.485. The summed E-state index contributed by atoms with van der Waals surface area (Å²) in [4.78, 5) is 10.6. The molecule has 158 valence electrons. The number of hydrogen-bond acceptors (Lipinski definition) is 4. The van der Waals surface area contributed by atoms with Crippen LogP contribution in [0.2, 0.25) is 0 Å². The fourth-order valence-corrected chi connectivity index (χ4v) is 3.76. The Labute approximate surface area is 223 Å². The van der Waals surface area contributed by atoms with Gasteiger partial charge < -0.3 is 24.7 Å². The van der Waals surface area contributed by atoms with Crippen molar-refractivity contribution in [2.45, 2.75) is 44.9 Å². The van der Waals surface area contributed by atoms with Crippen LogP contribution in [-0.2, 0) is 4.79 Å². The van der Waals surface area contributed by atoms with Gasteiger partial charge in [0.05, 0.1) is 12.2 Å². The number of benzene rings is 2. The Morgan fingerprint density at radius 2 is 1.77 bits per heavy atom. The molecule has 1 aromatic heterocycles. The normalized spacial score (nSPS) is 13.5. The predicted molar refractivity (Wildman–Crippen MR) is 113 cm³/mol. The van der Waals surface area contributed by atoms with E-state index >= 15 is 0 Å². The Balaban J connectivity index is 0.00000341. The summed E-state index contributed by atoms with van der Waals surface area (Å²) in [6, 6.07) is 14.3. The summed E-state index contributed by atoms with van der Waals surface area (Å²) in [6.45, 7) is 4.11. The van der Waals surface area contributed by atoms with Gasteiger partial charge in [-0.05, 0) is 43.7 Å². The molecule has 0 radical (unpaired) electrons. The molecular weight excluding hydrogens is 424 g/mol. The SMILES string of the molecule is CC(C)n1c(/C=C/[C@H](O)C[C@H](O)CC(=O)[O-])c(-c2ccc(F)cc2)c2ccccc21.[K+]. The van der Waals surface area contributed by atoms with Gasteiger partial charge >= 0.3 is 51.4 Å². The number of carbonyl (C=O) groups excluding carboxylic acids is 1. The van der Waals surface area contributed by atoms with E-state index in [9.17, 15) is 24.5 Å². The summed E-state index contributed by atoms with van der Waals surface area (Å²) < 4.78 is 15.6. The molecule has 0 aliphatic rings. The first kappa shape index (κ1) is 25.9. The molecule has 2 atom stereocenters. The summed E-state index contributed by atoms with van der Waals surface area (Å²) >= 11 is 0. The topological polar surface area (TPSA) is 85.5 Å². The molecule has 1 heterocycles. The fraction of sp³-hybridized carbons (Fsp3) is 0.292. The van der Waals surface area contributed by atoms with Gasteiger partial charge in [0, 0.05) is 47.0 Å². The number of carboxylic acid groups (broad SMARTS) is 1. The molecule has 0 saturated heterocycles. The number of carbonyl (C=O) groups is 1. The van der Waals surface area contributed by atoms with Crippen LogP contribution in [0.5, 0.6) is 0 Å². The van der Waals surface area contributed by atoms with E-state index in [1.807, 2.05) is 24.3 Å². The van der Waals surface area contributed by atoms with Gasteiger partial charge in [0.1, 0.15) is 5.82 Å². The molecule has 2 N–H and O–H groups in total. The molecule has 2 aromatic carbocycles. The molecule has 7 heteroatoms. The number of aliphatic carboxylic acids is 1. The zero-order valence-corrected chi connectivity index (χ0v) is 21.1. The van der Waals surface area contributed by atoms with Crippen LogP contribution in [0.25, 0.3) is 28.1 Å². The predicted octanol–water partition coefficient (Wildman–Crippen LogP) is 0.297. The van der Waals surface area contributed by atoms with E-state index in [-0.39, 0.29) is 69.7 Å². The van der Waals surface area contributed by atoms with Crippen LogP contribution in [0.15, 0.2) is 54.6 Å². The maximum absolute atomic E-state index is 13.5. The van der Waals surface area contributed by atoms with Crippen molar-refractivity contribution in [1.29, 1.82) is 0 Å². The van der Waals surface area contributed by atoms with Gasteiger partial charge in [-0.1, -0.05) is 36.4 Å². The Kier molecular flexibility index (Phi) is 9.63. The molecular formula is C24H25FKNO4. The van der Waals surface area contributed by atoms with Crippen LogP contribution in [0, 0.1) is 5.82 Å². The number of carboxylic acids is 1. The first-order valence-electron chi connectivity index (χ1n) is 9.91. The average molecular weight is 450 g/mol. The van der Waals surface area contributed by atoms with Crippen molar-refractivity contribution < 1.29 is 75.9 Å². The number of aliphatic hydroxyl groups is 2. The number of aromatic nitrogens is 1. The third-order valence-corrected chi connectivity index (χ3v) is 4.99. The van der Waals surface area contributed by atoms with Crippen molar-refractivity contribution in [1.82, 2.24) is 4.57 Å². The van der Waals surface area contributed by atoms with Crippen LogP contribution in [0.1, 0.15) is 38.4 Å². The number of rotatable bonds is 8. The first-order valence-corrected chi connectivity index (χ1v) is 9.91. The third kappa shape index (κ3) is 6.35. The van der Waals surface area contributed by atoms with E-state index in [2.05, 4.69) is 18.4 Å². The number of para-hydroxylation sites is 1. The zero-order chi connectivity index (χ0) is 21.8. The van der Waals surface area contributed by atoms with Crippen molar-refractivity contribution in [2.24, 2.45) is 0 Å². The molecule has 5 nitrogen and oxygen atoms in total. The van der Waals surface area contributed by atoms with Gasteiger partial charge in [-0.25, -0.2) is 4.39 Å². The van der Waals surface area contributed by atoms with Gasteiger partial charge in [0.2, 0.25) is 0 Å². The number of fused-ring (bicyclic) bond motifs is 1. The average Bonchev–Trinajstić information content (AvgIpc) is 3.00. The number of halogens is 1. The van der Waals surface area contributed by atoms with Gasteiger partial charge in [-0.3, -0.25) is 0 Å². The van der Waals surface area contributed by atoms with E-state index in [1.165, 1.54) is 12.1 Å². The summed E-state index contributed by atoms with van der Waals surface area (Å²) in [5.74, 6) is -1.68. The molecule has 0 spiro atoms. The summed E-state index contributed by atoms with van der Waals surface area (Å²) in [7, 11) is 0. The van der Waals surface area contributed by atoms with Crippen LogP contribution in [0.4, 0.5) is 4.39 Å². The fourth-order valence-electron chi connectivity index (χ4n) is 3.76. The first-order chi connectivity index (χ1) is 14.3. The second kappa shape index (κ2) is 11.5. The molecule has 3 aromatic rings. The molecule has 3 rings (SSSR count). The molecule has 0 saturated carbocycles. The second-order valence-electron chi connectivity index (χ2n) is 7.64. The Morgan fingerprint density at radius 3 is 2.39 bits per heavy atom. The number of nitrogens with zero attached hydrogens (tertiary/aromatic N) is 1. The zero-order valence-electron chi connectivity index (χ0n) is 18.0. The van der Waals surface area contributed by atoms with Gasteiger partial charge in [0.15, 0.2) is 0 Å². The molecule has 31 heavy (non-hydrogen) atoms. The van der Waals surface area contributed by atoms with Crippen LogP contribution < -0.4 is 56.5 Å². The molecule has 0 unspecified atom stereocenters. The monoisotopic (exact) mass is 449 g/mol. The third-order valence-electron chi connectivity index (χ3n) is 4.99. The summed E-state index contributed by atoms with van der Waals surface area (Å²) in [5, 5.41) is 31.6. The second-order valence-corrected chi connectivity index (χ2v) is 7.64. The number of hydrogen-bond donors (Lipinski definition) is 2. The molecule has 0 aliphatic carbocycles. The minimum absolute atomic E-state index is 0. The van der Waals surface area contributed by atoms with Gasteiger partial charge in [-0.2, -0.15) is 0 Å². The summed E-state index contributed by atoms with van der Waals surface area (Å²) in [6.07, 6.45) is 0.450. The van der Waals surface area contributed by atoms with Crippen molar-refractivity contribution in [2.75, 3.05) is 0 Å². The largest absolute Gasteiger partial charge is 1.00 e. The van der Waals surface area contributed by atoms with Crippen LogP contribution >= 0.6 is 0 Å². The Morgan fingerprint density at radius 1 is 1.13 bits per heavy atom. The van der Waals surface area contributed by atoms with Crippen molar-refractivity contribution >= 4 is 22.9 Å². The summed E-state index contributed by atoms with van der Waals surface area (Å²) in [5.41, 5.74) is 3.61. The smallest absolute Gasteiger partial charge is 0.550 e. The van der Waals surface area contributed by atoms with E-state index in [4.69, 9.17) is 0 Å². The molecule has 0 aliphatic heterocycles. The van der Waals surface area contributed by atoms with Crippen molar-refractivity contribution in [3.05, 3.63) is 66.1 Å². The molecule has 0 amide bonds. The van der Waals surface area contributed by atoms with Crippen molar-refractivity contribution in [3.8, 4) is 11.1 Å². The van der Waals surface area contributed by atoms with E-state index < -0.39 is 24.6 Å².